The molecule has 0 aromatic heterocycles. The van der Waals surface area contributed by atoms with Crippen molar-refractivity contribution in [2.75, 3.05) is 40.4 Å². The zero-order chi connectivity index (χ0) is 25.4. The molecule has 0 atom stereocenters. The van der Waals surface area contributed by atoms with Gasteiger partial charge in [0.2, 0.25) is 0 Å². The molecule has 1 aromatic rings. The molecule has 35 heavy (non-hydrogen) atoms. The largest absolute Gasteiger partial charge is 0.404 e. The molecule has 0 bridgehead atoms. The maximum absolute atomic E-state index is 15.1. The van der Waals surface area contributed by atoms with Crippen LogP contribution >= 0.6 is 0 Å². The van der Waals surface area contributed by atoms with Crippen molar-refractivity contribution in [1.82, 2.24) is 15.5 Å². The van der Waals surface area contributed by atoms with Crippen LogP contribution in [0.25, 0.3) is 5.57 Å². The maximum atomic E-state index is 15.1. The zero-order valence-corrected chi connectivity index (χ0v) is 20.0. The van der Waals surface area contributed by atoms with Gasteiger partial charge in [-0.3, -0.25) is 4.99 Å². The number of carbonyl (C=O) groups is 1. The van der Waals surface area contributed by atoms with E-state index < -0.39 is 5.82 Å². The maximum Gasteiger partial charge on any atom is 0.317 e. The molecule has 0 unspecified atom stereocenters. The first kappa shape index (κ1) is 25.7. The summed E-state index contributed by atoms with van der Waals surface area (Å²) in [6.07, 6.45) is 4.97. The number of nitriles is 1. The molecule has 6 N–H and O–H groups in total. The third-order valence-corrected chi connectivity index (χ3v) is 5.96. The van der Waals surface area contributed by atoms with Crippen LogP contribution in [0.4, 0.5) is 14.9 Å². The molecule has 2 amide bonds. The van der Waals surface area contributed by atoms with Crippen molar-refractivity contribution in [3.63, 3.8) is 0 Å². The second-order valence-corrected chi connectivity index (χ2v) is 8.18. The summed E-state index contributed by atoms with van der Waals surface area (Å²) >= 11 is 0. The first-order valence-electron chi connectivity index (χ1n) is 11.4. The number of rotatable bonds is 6. The lowest BCUT2D eigenvalue weighted by Crippen LogP contribution is -2.47. The molecule has 0 saturated carbocycles. The summed E-state index contributed by atoms with van der Waals surface area (Å²) in [6, 6.07) is 4.56. The monoisotopic (exact) mass is 482 g/mol. The van der Waals surface area contributed by atoms with Crippen LogP contribution < -0.4 is 22.1 Å². The van der Waals surface area contributed by atoms with E-state index >= 15 is 4.39 Å². The van der Waals surface area contributed by atoms with Gasteiger partial charge in [-0.25, -0.2) is 14.2 Å². The SMILES string of the molecule is CN=CC(=CN)c1cc(F)c(N=C(N)C2=C(NC3CCOCC3)CCN(C(=O)NC)C2)cc1C#N. The van der Waals surface area contributed by atoms with E-state index in [1.807, 2.05) is 6.07 Å². The Morgan fingerprint density at radius 1 is 1.37 bits per heavy atom. The van der Waals surface area contributed by atoms with Crippen molar-refractivity contribution < 1.29 is 13.9 Å². The number of ether oxygens (including phenoxy) is 1. The van der Waals surface area contributed by atoms with E-state index in [9.17, 15) is 10.1 Å². The average molecular weight is 483 g/mol. The number of urea groups is 1. The Morgan fingerprint density at radius 3 is 2.74 bits per heavy atom. The van der Waals surface area contributed by atoms with E-state index in [1.165, 1.54) is 24.5 Å². The molecule has 0 spiro atoms. The molecule has 2 aliphatic rings. The normalized spacial score (nSPS) is 18.1. The van der Waals surface area contributed by atoms with Crippen molar-refractivity contribution >= 4 is 29.3 Å². The highest BCUT2D eigenvalue weighted by molar-refractivity contribution is 6.10. The quantitative estimate of drug-likeness (QED) is 0.358. The number of nitrogens with one attached hydrogen (secondary N) is 2. The number of hydrogen-bond donors (Lipinski definition) is 4. The van der Waals surface area contributed by atoms with Gasteiger partial charge in [-0.15, -0.1) is 0 Å². The standard InChI is InChI=1S/C24H31FN8O2/c1-29-13-16(12-27)18-10-20(25)22(9-15(18)11-26)32-23(28)19-14-33(24(34)30-2)6-3-21(19)31-17-4-7-35-8-5-17/h9-10,12-13,17,31H,3-8,14,27H2,1-2H3,(H2,28,32)(H,30,34). The number of amides is 2. The zero-order valence-electron chi connectivity index (χ0n) is 20.0. The Bertz CT molecular complexity index is 1110. The van der Waals surface area contributed by atoms with Crippen molar-refractivity contribution in [1.29, 1.82) is 5.26 Å². The van der Waals surface area contributed by atoms with Gasteiger partial charge in [0.15, 0.2) is 0 Å². The minimum absolute atomic E-state index is 0.0772. The van der Waals surface area contributed by atoms with E-state index in [0.29, 0.717) is 42.9 Å². The number of nitrogens with two attached hydrogens (primary N) is 2. The third kappa shape index (κ3) is 6.16. The van der Waals surface area contributed by atoms with Gasteiger partial charge >= 0.3 is 6.03 Å². The van der Waals surface area contributed by atoms with Crippen molar-refractivity contribution in [3.05, 3.63) is 46.5 Å². The van der Waals surface area contributed by atoms with Gasteiger partial charge in [0.25, 0.3) is 0 Å². The molecule has 10 nitrogen and oxygen atoms in total. The van der Waals surface area contributed by atoms with Crippen LogP contribution in [0.5, 0.6) is 0 Å². The molecule has 2 heterocycles. The van der Waals surface area contributed by atoms with Crippen molar-refractivity contribution in [2.45, 2.75) is 25.3 Å². The van der Waals surface area contributed by atoms with E-state index in [2.05, 4.69) is 20.6 Å². The molecule has 0 aliphatic carbocycles. The van der Waals surface area contributed by atoms with E-state index in [0.717, 1.165) is 18.5 Å². The molecule has 1 aromatic carbocycles. The van der Waals surface area contributed by atoms with Crippen LogP contribution in [0.2, 0.25) is 0 Å². The Kier molecular flexibility index (Phi) is 8.80. The Morgan fingerprint density at radius 2 is 2.11 bits per heavy atom. The fourth-order valence-corrected chi connectivity index (χ4v) is 4.10. The minimum Gasteiger partial charge on any atom is -0.404 e. The predicted molar refractivity (Wildman–Crippen MR) is 134 cm³/mol. The lowest BCUT2D eigenvalue weighted by molar-refractivity contribution is 0.0798. The number of nitrogens with zero attached hydrogens (tertiary/aromatic N) is 4. The summed E-state index contributed by atoms with van der Waals surface area (Å²) in [5.41, 5.74) is 14.3. The van der Waals surface area contributed by atoms with Crippen LogP contribution in [0.1, 0.15) is 30.4 Å². The number of hydrogen-bond acceptors (Lipinski definition) is 7. The highest BCUT2D eigenvalue weighted by atomic mass is 19.1. The number of aliphatic imine (C=N–C) groups is 2. The number of amidine groups is 1. The van der Waals surface area contributed by atoms with Gasteiger partial charge < -0.3 is 31.7 Å². The Hall–Kier alpha value is -3.91. The predicted octanol–water partition coefficient (Wildman–Crippen LogP) is 1.75. The second-order valence-electron chi connectivity index (χ2n) is 8.18. The molecule has 1 saturated heterocycles. The lowest BCUT2D eigenvalue weighted by Gasteiger charge is -2.33. The summed E-state index contributed by atoms with van der Waals surface area (Å²) in [5.74, 6) is -0.585. The first-order valence-corrected chi connectivity index (χ1v) is 11.4. The summed E-state index contributed by atoms with van der Waals surface area (Å²) < 4.78 is 20.5. The average Bonchev–Trinajstić information content (AvgIpc) is 2.88. The fraction of sp³-hybridized carbons (Fsp3) is 0.417. The van der Waals surface area contributed by atoms with Gasteiger partial charge in [0.1, 0.15) is 17.3 Å². The highest BCUT2D eigenvalue weighted by Gasteiger charge is 2.26. The Labute approximate surface area is 204 Å². The molecule has 2 aliphatic heterocycles. The van der Waals surface area contributed by atoms with E-state index in [1.54, 1.807) is 19.0 Å². The van der Waals surface area contributed by atoms with Crippen molar-refractivity contribution in [3.8, 4) is 6.07 Å². The van der Waals surface area contributed by atoms with Gasteiger partial charge in [-0.1, -0.05) is 0 Å². The molecule has 11 heteroatoms. The van der Waals surface area contributed by atoms with Gasteiger partial charge in [0.05, 0.1) is 18.2 Å². The third-order valence-electron chi connectivity index (χ3n) is 5.96. The molecular formula is C24H31FN8O2. The molecule has 186 valence electrons. The second kappa shape index (κ2) is 12.0. The van der Waals surface area contributed by atoms with Crippen molar-refractivity contribution in [2.24, 2.45) is 21.5 Å². The van der Waals surface area contributed by atoms with Crippen LogP contribution in [0.3, 0.4) is 0 Å². The van der Waals surface area contributed by atoms with Crippen LogP contribution in [0.15, 0.2) is 39.6 Å². The topological polar surface area (TPSA) is 154 Å². The number of carbonyl (C=O) groups excluding carboxylic acids is 1. The number of halogens is 1. The highest BCUT2D eigenvalue weighted by Crippen LogP contribution is 2.28. The van der Waals surface area contributed by atoms with Gasteiger partial charge in [-0.2, -0.15) is 5.26 Å². The van der Waals surface area contributed by atoms with Crippen LogP contribution in [-0.2, 0) is 4.74 Å². The summed E-state index contributed by atoms with van der Waals surface area (Å²) in [6.45, 7) is 2.07. The summed E-state index contributed by atoms with van der Waals surface area (Å²) in [7, 11) is 3.11. The smallest absolute Gasteiger partial charge is 0.317 e. The molecule has 3 rings (SSSR count). The number of benzene rings is 1. The lowest BCUT2D eigenvalue weighted by atomic mass is 10.00. The van der Waals surface area contributed by atoms with Crippen LogP contribution in [-0.4, -0.2) is 69.4 Å². The van der Waals surface area contributed by atoms with Crippen LogP contribution in [0, 0.1) is 17.1 Å². The first-order chi connectivity index (χ1) is 16.9. The van der Waals surface area contributed by atoms with E-state index in [-0.39, 0.29) is 35.7 Å². The summed E-state index contributed by atoms with van der Waals surface area (Å²) in [5, 5.41) is 15.8. The van der Waals surface area contributed by atoms with Gasteiger partial charge in [-0.05, 0) is 25.0 Å². The molecular weight excluding hydrogens is 451 g/mol. The summed E-state index contributed by atoms with van der Waals surface area (Å²) in [4.78, 5) is 22.1. The minimum atomic E-state index is -0.663. The Balaban J connectivity index is 2.00. The molecule has 0 radical (unpaired) electrons. The number of allylic oxidation sites excluding steroid dienone is 1. The molecule has 1 fully saturated rings. The fourth-order valence-electron chi connectivity index (χ4n) is 4.10. The van der Waals surface area contributed by atoms with Gasteiger partial charge in [0, 0.05) is 81.1 Å². The van der Waals surface area contributed by atoms with E-state index in [4.69, 9.17) is 16.2 Å².